The first-order valence-corrected chi connectivity index (χ1v) is 7.10. The topological polar surface area (TPSA) is 32.3 Å². The lowest BCUT2D eigenvalue weighted by Gasteiger charge is -2.27. The molecule has 1 aromatic rings. The first-order valence-electron chi connectivity index (χ1n) is 7.10. The Kier molecular flexibility index (Phi) is 4.59. The summed E-state index contributed by atoms with van der Waals surface area (Å²) in [6, 6.07) is 6.42. The Bertz CT molecular complexity index is 450. The summed E-state index contributed by atoms with van der Waals surface area (Å²) >= 11 is 0. The van der Waals surface area contributed by atoms with Gasteiger partial charge in [-0.15, -0.1) is 0 Å². The summed E-state index contributed by atoms with van der Waals surface area (Å²) < 4.78 is 0. The molecule has 1 aliphatic heterocycles. The van der Waals surface area contributed by atoms with Gasteiger partial charge in [-0.25, -0.2) is 0 Å². The van der Waals surface area contributed by atoms with Gasteiger partial charge in [-0.05, 0) is 44.4 Å². The maximum absolute atomic E-state index is 12.4. The summed E-state index contributed by atoms with van der Waals surface area (Å²) in [6.07, 6.45) is 2.12. The molecule has 3 nitrogen and oxygen atoms in total. The van der Waals surface area contributed by atoms with Crippen molar-refractivity contribution in [3.8, 4) is 0 Å². The van der Waals surface area contributed by atoms with E-state index in [1.54, 1.807) is 0 Å². The number of nitrogens with zero attached hydrogens (tertiary/aromatic N) is 1. The Labute approximate surface area is 116 Å². The molecule has 0 spiro atoms. The van der Waals surface area contributed by atoms with Gasteiger partial charge in [0.05, 0.1) is 5.92 Å². The SMILES string of the molecule is Cc1ccc(CN(C)C(=O)[C@H]2CCCNC2)c(C)c1. The van der Waals surface area contributed by atoms with Gasteiger partial charge in [-0.1, -0.05) is 23.8 Å². The standard InChI is InChI=1S/C16H24N2O/c1-12-6-7-15(13(2)9-12)11-18(3)16(19)14-5-4-8-17-10-14/h6-7,9,14,17H,4-5,8,10-11H2,1-3H3/t14-/m0/s1. The van der Waals surface area contributed by atoms with Crippen LogP contribution in [-0.2, 0) is 11.3 Å². The van der Waals surface area contributed by atoms with E-state index in [4.69, 9.17) is 0 Å². The summed E-state index contributed by atoms with van der Waals surface area (Å²) in [4.78, 5) is 14.2. The maximum Gasteiger partial charge on any atom is 0.227 e. The van der Waals surface area contributed by atoms with Gasteiger partial charge in [-0.2, -0.15) is 0 Å². The zero-order chi connectivity index (χ0) is 13.8. The number of hydrogen-bond acceptors (Lipinski definition) is 2. The Hall–Kier alpha value is -1.35. The van der Waals surface area contributed by atoms with Crippen LogP contribution in [0.2, 0.25) is 0 Å². The lowest BCUT2D eigenvalue weighted by atomic mass is 9.97. The van der Waals surface area contributed by atoms with E-state index in [1.807, 2.05) is 11.9 Å². The lowest BCUT2D eigenvalue weighted by molar-refractivity contribution is -0.135. The third-order valence-electron chi connectivity index (χ3n) is 3.93. The second kappa shape index (κ2) is 6.20. The second-order valence-corrected chi connectivity index (χ2v) is 5.67. The number of aryl methyl sites for hydroxylation is 2. The highest BCUT2D eigenvalue weighted by Gasteiger charge is 2.23. The first kappa shape index (κ1) is 14.1. The fourth-order valence-corrected chi connectivity index (χ4v) is 2.73. The second-order valence-electron chi connectivity index (χ2n) is 5.67. The highest BCUT2D eigenvalue weighted by molar-refractivity contribution is 5.79. The number of amides is 1. The molecule has 1 heterocycles. The van der Waals surface area contributed by atoms with Crippen molar-refractivity contribution in [1.82, 2.24) is 10.2 Å². The molecule has 0 aromatic heterocycles. The predicted molar refractivity (Wildman–Crippen MR) is 78.0 cm³/mol. The molecule has 1 atom stereocenters. The quantitative estimate of drug-likeness (QED) is 0.904. The van der Waals surface area contributed by atoms with Crippen molar-refractivity contribution < 1.29 is 4.79 Å². The van der Waals surface area contributed by atoms with Crippen molar-refractivity contribution in [2.75, 3.05) is 20.1 Å². The molecule has 1 aromatic carbocycles. The molecule has 19 heavy (non-hydrogen) atoms. The largest absolute Gasteiger partial charge is 0.341 e. The third kappa shape index (κ3) is 3.57. The summed E-state index contributed by atoms with van der Waals surface area (Å²) in [5.41, 5.74) is 3.78. The van der Waals surface area contributed by atoms with E-state index in [-0.39, 0.29) is 11.8 Å². The molecule has 3 heteroatoms. The van der Waals surface area contributed by atoms with Crippen LogP contribution in [0.3, 0.4) is 0 Å². The number of carbonyl (C=O) groups excluding carboxylic acids is 1. The predicted octanol–water partition coefficient (Wildman–Crippen LogP) is 2.26. The number of benzene rings is 1. The lowest BCUT2D eigenvalue weighted by Crippen LogP contribution is -2.41. The molecule has 1 saturated heterocycles. The highest BCUT2D eigenvalue weighted by Crippen LogP contribution is 2.16. The zero-order valence-corrected chi connectivity index (χ0v) is 12.2. The Morgan fingerprint density at radius 2 is 2.21 bits per heavy atom. The molecule has 0 radical (unpaired) electrons. The van der Waals surface area contributed by atoms with Crippen molar-refractivity contribution in [2.45, 2.75) is 33.2 Å². The minimum atomic E-state index is 0.157. The van der Waals surface area contributed by atoms with Crippen molar-refractivity contribution in [3.63, 3.8) is 0 Å². The van der Waals surface area contributed by atoms with Gasteiger partial charge < -0.3 is 10.2 Å². The molecule has 104 valence electrons. The fraction of sp³-hybridized carbons (Fsp3) is 0.562. The molecule has 2 rings (SSSR count). The van der Waals surface area contributed by atoms with Gasteiger partial charge in [0.1, 0.15) is 0 Å². The van der Waals surface area contributed by atoms with E-state index in [0.29, 0.717) is 6.54 Å². The fourth-order valence-electron chi connectivity index (χ4n) is 2.73. The van der Waals surface area contributed by atoms with Crippen LogP contribution in [0.25, 0.3) is 0 Å². The zero-order valence-electron chi connectivity index (χ0n) is 12.2. The number of nitrogens with one attached hydrogen (secondary N) is 1. The number of piperidine rings is 1. The van der Waals surface area contributed by atoms with Gasteiger partial charge >= 0.3 is 0 Å². The Balaban J connectivity index is 1.99. The average molecular weight is 260 g/mol. The van der Waals surface area contributed by atoms with E-state index in [1.165, 1.54) is 16.7 Å². The molecular formula is C16H24N2O. The minimum absolute atomic E-state index is 0.157. The summed E-state index contributed by atoms with van der Waals surface area (Å²) in [5, 5.41) is 3.31. The molecular weight excluding hydrogens is 236 g/mol. The summed E-state index contributed by atoms with van der Waals surface area (Å²) in [5.74, 6) is 0.427. The van der Waals surface area contributed by atoms with Crippen LogP contribution in [0.4, 0.5) is 0 Å². The van der Waals surface area contributed by atoms with Crippen molar-refractivity contribution >= 4 is 5.91 Å². The molecule has 0 bridgehead atoms. The average Bonchev–Trinajstić information content (AvgIpc) is 2.42. The van der Waals surface area contributed by atoms with Crippen LogP contribution in [0.5, 0.6) is 0 Å². The third-order valence-corrected chi connectivity index (χ3v) is 3.93. The van der Waals surface area contributed by atoms with E-state index in [2.05, 4.69) is 37.4 Å². The van der Waals surface area contributed by atoms with E-state index >= 15 is 0 Å². The van der Waals surface area contributed by atoms with E-state index in [0.717, 1.165) is 25.9 Å². The molecule has 1 aliphatic rings. The maximum atomic E-state index is 12.4. The van der Waals surface area contributed by atoms with Gasteiger partial charge in [0.25, 0.3) is 0 Å². The van der Waals surface area contributed by atoms with Crippen LogP contribution < -0.4 is 5.32 Å². The van der Waals surface area contributed by atoms with Crippen LogP contribution in [0.1, 0.15) is 29.5 Å². The minimum Gasteiger partial charge on any atom is -0.341 e. The molecule has 1 fully saturated rings. The molecule has 0 saturated carbocycles. The highest BCUT2D eigenvalue weighted by atomic mass is 16.2. The van der Waals surface area contributed by atoms with Gasteiger partial charge in [0, 0.05) is 20.1 Å². The summed E-state index contributed by atoms with van der Waals surface area (Å²) in [6.45, 7) is 6.80. The molecule has 1 amide bonds. The number of hydrogen-bond donors (Lipinski definition) is 1. The first-order chi connectivity index (χ1) is 9.08. The monoisotopic (exact) mass is 260 g/mol. The molecule has 0 aliphatic carbocycles. The van der Waals surface area contributed by atoms with Crippen LogP contribution in [0.15, 0.2) is 18.2 Å². The van der Waals surface area contributed by atoms with Gasteiger partial charge in [0.2, 0.25) is 5.91 Å². The van der Waals surface area contributed by atoms with Gasteiger partial charge in [-0.3, -0.25) is 4.79 Å². The smallest absolute Gasteiger partial charge is 0.227 e. The van der Waals surface area contributed by atoms with Crippen molar-refractivity contribution in [3.05, 3.63) is 34.9 Å². The van der Waals surface area contributed by atoms with Crippen LogP contribution in [0, 0.1) is 19.8 Å². The Morgan fingerprint density at radius 1 is 1.42 bits per heavy atom. The van der Waals surface area contributed by atoms with E-state index in [9.17, 15) is 4.79 Å². The normalized spacial score (nSPS) is 19.2. The number of carbonyl (C=O) groups is 1. The van der Waals surface area contributed by atoms with Crippen LogP contribution in [-0.4, -0.2) is 30.9 Å². The van der Waals surface area contributed by atoms with Crippen molar-refractivity contribution in [2.24, 2.45) is 5.92 Å². The summed E-state index contributed by atoms with van der Waals surface area (Å²) in [7, 11) is 1.91. The van der Waals surface area contributed by atoms with Crippen LogP contribution >= 0.6 is 0 Å². The molecule has 1 N–H and O–H groups in total. The molecule has 0 unspecified atom stereocenters. The van der Waals surface area contributed by atoms with Crippen molar-refractivity contribution in [1.29, 1.82) is 0 Å². The van der Waals surface area contributed by atoms with Gasteiger partial charge in [0.15, 0.2) is 0 Å². The van der Waals surface area contributed by atoms with E-state index < -0.39 is 0 Å². The number of rotatable bonds is 3. The Morgan fingerprint density at radius 3 is 2.84 bits per heavy atom.